The first-order chi connectivity index (χ1) is 5.24. The lowest BCUT2D eigenvalue weighted by Crippen LogP contribution is -2.06. The summed E-state index contributed by atoms with van der Waals surface area (Å²) in [6, 6.07) is 0. The highest BCUT2D eigenvalue weighted by molar-refractivity contribution is 7.10. The molecule has 0 bridgehead atoms. The molecule has 0 atom stereocenters. The fourth-order valence-electron chi connectivity index (χ4n) is 0.484. The van der Waals surface area contributed by atoms with Crippen LogP contribution in [0, 0.1) is 0 Å². The molecular formula is C5H5ClN2O2S. The van der Waals surface area contributed by atoms with Gasteiger partial charge >= 0.3 is 5.97 Å². The van der Waals surface area contributed by atoms with Crippen LogP contribution in [0.2, 0.25) is 4.47 Å². The molecule has 4 nitrogen and oxygen atoms in total. The van der Waals surface area contributed by atoms with Gasteiger partial charge in [0.25, 0.3) is 5.82 Å². The number of carbonyl (C=O) groups is 1. The molecule has 0 saturated carbocycles. The zero-order chi connectivity index (χ0) is 8.27. The van der Waals surface area contributed by atoms with Gasteiger partial charge in [-0.05, 0) is 30.1 Å². The zero-order valence-electron chi connectivity index (χ0n) is 5.70. The van der Waals surface area contributed by atoms with Gasteiger partial charge in [-0.2, -0.15) is 9.36 Å². The molecule has 0 unspecified atom stereocenters. The molecule has 0 radical (unpaired) electrons. The van der Waals surface area contributed by atoms with Gasteiger partial charge in [0.15, 0.2) is 0 Å². The first kappa shape index (κ1) is 8.42. The topological polar surface area (TPSA) is 52.1 Å². The molecule has 0 N–H and O–H groups in total. The van der Waals surface area contributed by atoms with Crippen LogP contribution < -0.4 is 0 Å². The fourth-order valence-corrected chi connectivity index (χ4v) is 1.07. The van der Waals surface area contributed by atoms with E-state index in [2.05, 4.69) is 14.1 Å². The Labute approximate surface area is 72.3 Å². The Morgan fingerprint density at radius 1 is 1.82 bits per heavy atom. The Morgan fingerprint density at radius 2 is 2.55 bits per heavy atom. The SMILES string of the molecule is CCOC(=O)c1nsc(Cl)n1. The molecule has 6 heteroatoms. The number of nitrogens with zero attached hydrogens (tertiary/aromatic N) is 2. The minimum Gasteiger partial charge on any atom is -0.460 e. The molecule has 0 amide bonds. The van der Waals surface area contributed by atoms with E-state index in [4.69, 9.17) is 11.6 Å². The molecule has 0 fully saturated rings. The summed E-state index contributed by atoms with van der Waals surface area (Å²) in [5, 5.41) is 0. The normalized spacial score (nSPS) is 9.64. The first-order valence-electron chi connectivity index (χ1n) is 2.90. The highest BCUT2D eigenvalue weighted by atomic mass is 35.5. The van der Waals surface area contributed by atoms with Crippen molar-refractivity contribution in [3.8, 4) is 0 Å². The quantitative estimate of drug-likeness (QED) is 0.665. The van der Waals surface area contributed by atoms with Crippen LogP contribution >= 0.6 is 23.1 Å². The molecule has 1 aromatic rings. The second kappa shape index (κ2) is 3.64. The lowest BCUT2D eigenvalue weighted by molar-refractivity contribution is 0.0514. The summed E-state index contributed by atoms with van der Waals surface area (Å²) in [6.45, 7) is 2.03. The maximum absolute atomic E-state index is 10.9. The Hall–Kier alpha value is -0.680. The Balaban J connectivity index is 2.69. The predicted octanol–water partition coefficient (Wildman–Crippen LogP) is 1.37. The molecule has 1 heterocycles. The molecule has 1 aromatic heterocycles. The smallest absolute Gasteiger partial charge is 0.377 e. The van der Waals surface area contributed by atoms with Crippen LogP contribution in [-0.2, 0) is 4.74 Å². The van der Waals surface area contributed by atoms with Gasteiger partial charge < -0.3 is 4.74 Å². The first-order valence-corrected chi connectivity index (χ1v) is 4.05. The van der Waals surface area contributed by atoms with E-state index in [0.717, 1.165) is 11.5 Å². The Kier molecular flexibility index (Phi) is 2.78. The van der Waals surface area contributed by atoms with Crippen molar-refractivity contribution < 1.29 is 9.53 Å². The molecule has 0 spiro atoms. The summed E-state index contributed by atoms with van der Waals surface area (Å²) in [5.74, 6) is -0.502. The van der Waals surface area contributed by atoms with Gasteiger partial charge in [0.2, 0.25) is 4.47 Å². The largest absolute Gasteiger partial charge is 0.460 e. The van der Waals surface area contributed by atoms with Crippen molar-refractivity contribution in [1.29, 1.82) is 0 Å². The van der Waals surface area contributed by atoms with Crippen LogP contribution in [0.1, 0.15) is 17.5 Å². The van der Waals surface area contributed by atoms with Gasteiger partial charge in [-0.25, -0.2) is 4.79 Å². The van der Waals surface area contributed by atoms with Crippen molar-refractivity contribution in [1.82, 2.24) is 9.36 Å². The average Bonchev–Trinajstić information content (AvgIpc) is 2.36. The standard InChI is InChI=1S/C5H5ClN2O2S/c1-2-10-4(9)3-7-5(6)11-8-3/h2H2,1H3. The predicted molar refractivity (Wildman–Crippen MR) is 40.9 cm³/mol. The second-order valence-corrected chi connectivity index (χ2v) is 2.93. The number of esters is 1. The van der Waals surface area contributed by atoms with E-state index in [-0.39, 0.29) is 10.3 Å². The van der Waals surface area contributed by atoms with Crippen LogP contribution in [0.5, 0.6) is 0 Å². The molecule has 0 aromatic carbocycles. The lowest BCUT2D eigenvalue weighted by Gasteiger charge is -1.93. The van der Waals surface area contributed by atoms with Crippen LogP contribution in [0.4, 0.5) is 0 Å². The second-order valence-electron chi connectivity index (χ2n) is 1.59. The maximum Gasteiger partial charge on any atom is 0.377 e. The Bertz CT molecular complexity index is 263. The fraction of sp³-hybridized carbons (Fsp3) is 0.400. The van der Waals surface area contributed by atoms with E-state index in [1.54, 1.807) is 6.92 Å². The van der Waals surface area contributed by atoms with Crippen LogP contribution in [-0.4, -0.2) is 21.9 Å². The molecule has 0 saturated heterocycles. The number of hydrogen-bond donors (Lipinski definition) is 0. The molecular weight excluding hydrogens is 188 g/mol. The van der Waals surface area contributed by atoms with E-state index in [0.29, 0.717) is 6.61 Å². The minimum absolute atomic E-state index is 0.0295. The highest BCUT2D eigenvalue weighted by Crippen LogP contribution is 2.10. The summed E-state index contributed by atoms with van der Waals surface area (Å²) in [6.07, 6.45) is 0. The van der Waals surface area contributed by atoms with Gasteiger partial charge in [0.05, 0.1) is 6.61 Å². The van der Waals surface area contributed by atoms with Gasteiger partial charge in [0.1, 0.15) is 0 Å². The number of halogens is 1. The van der Waals surface area contributed by atoms with Crippen LogP contribution in [0.15, 0.2) is 0 Å². The van der Waals surface area contributed by atoms with E-state index < -0.39 is 5.97 Å². The van der Waals surface area contributed by atoms with E-state index in [1.165, 1.54) is 0 Å². The van der Waals surface area contributed by atoms with E-state index in [9.17, 15) is 4.79 Å². The van der Waals surface area contributed by atoms with Crippen molar-refractivity contribution in [3.63, 3.8) is 0 Å². The lowest BCUT2D eigenvalue weighted by atomic mass is 10.6. The number of hydrogen-bond acceptors (Lipinski definition) is 5. The zero-order valence-corrected chi connectivity index (χ0v) is 7.28. The van der Waals surface area contributed by atoms with Crippen molar-refractivity contribution >= 4 is 29.1 Å². The summed E-state index contributed by atoms with van der Waals surface area (Å²) < 4.78 is 8.53. The van der Waals surface area contributed by atoms with Crippen molar-refractivity contribution in [2.75, 3.05) is 6.61 Å². The van der Waals surface area contributed by atoms with E-state index >= 15 is 0 Å². The number of rotatable bonds is 2. The van der Waals surface area contributed by atoms with Gasteiger partial charge in [0, 0.05) is 0 Å². The minimum atomic E-state index is -0.532. The summed E-state index contributed by atoms with van der Waals surface area (Å²) in [5.41, 5.74) is 0. The van der Waals surface area contributed by atoms with Crippen molar-refractivity contribution in [2.45, 2.75) is 6.92 Å². The summed E-state index contributed by atoms with van der Waals surface area (Å²) in [7, 11) is 0. The third-order valence-corrected chi connectivity index (χ3v) is 1.66. The van der Waals surface area contributed by atoms with Crippen molar-refractivity contribution in [2.24, 2.45) is 0 Å². The summed E-state index contributed by atoms with van der Waals surface area (Å²) >= 11 is 6.40. The third kappa shape index (κ3) is 2.13. The maximum atomic E-state index is 10.9. The average molecular weight is 193 g/mol. The van der Waals surface area contributed by atoms with Gasteiger partial charge in [-0.1, -0.05) is 0 Å². The number of ether oxygens (including phenoxy) is 1. The van der Waals surface area contributed by atoms with Gasteiger partial charge in [-0.3, -0.25) is 0 Å². The van der Waals surface area contributed by atoms with Gasteiger partial charge in [-0.15, -0.1) is 0 Å². The summed E-state index contributed by atoms with van der Waals surface area (Å²) in [4.78, 5) is 14.5. The Morgan fingerprint density at radius 3 is 3.00 bits per heavy atom. The molecule has 11 heavy (non-hydrogen) atoms. The third-order valence-electron chi connectivity index (χ3n) is 0.859. The molecule has 60 valence electrons. The van der Waals surface area contributed by atoms with E-state index in [1.807, 2.05) is 0 Å². The monoisotopic (exact) mass is 192 g/mol. The van der Waals surface area contributed by atoms with Crippen molar-refractivity contribution in [3.05, 3.63) is 10.3 Å². The number of carbonyl (C=O) groups excluding carboxylic acids is 1. The van der Waals surface area contributed by atoms with Crippen LogP contribution in [0.3, 0.4) is 0 Å². The highest BCUT2D eigenvalue weighted by Gasteiger charge is 2.11. The molecule has 1 rings (SSSR count). The molecule has 0 aliphatic carbocycles. The molecule has 0 aliphatic rings. The number of aromatic nitrogens is 2. The molecule has 0 aliphatic heterocycles. The van der Waals surface area contributed by atoms with Crippen LogP contribution in [0.25, 0.3) is 0 Å².